The molecule has 1 fully saturated rings. The maximum Gasteiger partial charge on any atom is 0.253 e. The Kier molecular flexibility index (Phi) is 5.45. The van der Waals surface area contributed by atoms with Gasteiger partial charge in [-0.2, -0.15) is 5.10 Å². The van der Waals surface area contributed by atoms with Gasteiger partial charge in [-0.15, -0.1) is 0 Å². The summed E-state index contributed by atoms with van der Waals surface area (Å²) >= 11 is 0. The van der Waals surface area contributed by atoms with E-state index < -0.39 is 0 Å². The molecule has 2 aromatic rings. The van der Waals surface area contributed by atoms with Crippen LogP contribution in [0.4, 0.5) is 0 Å². The largest absolute Gasteiger partial charge is 0.355 e. The molecule has 1 aliphatic rings. The molecule has 0 aliphatic carbocycles. The lowest BCUT2D eigenvalue weighted by Crippen LogP contribution is -2.51. The van der Waals surface area contributed by atoms with Crippen LogP contribution in [0.15, 0.2) is 42.7 Å². The molecule has 0 radical (unpaired) electrons. The van der Waals surface area contributed by atoms with Gasteiger partial charge in [0, 0.05) is 50.7 Å². The first-order valence-electron chi connectivity index (χ1n) is 8.56. The smallest absolute Gasteiger partial charge is 0.253 e. The van der Waals surface area contributed by atoms with Crippen LogP contribution in [-0.4, -0.2) is 70.7 Å². The van der Waals surface area contributed by atoms with Crippen LogP contribution < -0.4 is 5.32 Å². The standard InChI is InChI=1S/C18H23N5O2/c1-2-19-17(24)14-21-10-12-22(13-11-21)18(25)15-4-6-16(7-5-15)23-9-3-8-20-23/h3-9H,2,10-14H2,1H3,(H,19,24). The molecule has 2 heterocycles. The topological polar surface area (TPSA) is 70.5 Å². The maximum absolute atomic E-state index is 12.6. The fraction of sp³-hybridized carbons (Fsp3) is 0.389. The Morgan fingerprint density at radius 2 is 1.84 bits per heavy atom. The van der Waals surface area contributed by atoms with Gasteiger partial charge in [0.2, 0.25) is 5.91 Å². The van der Waals surface area contributed by atoms with Crippen molar-refractivity contribution in [2.75, 3.05) is 39.3 Å². The van der Waals surface area contributed by atoms with Gasteiger partial charge < -0.3 is 10.2 Å². The van der Waals surface area contributed by atoms with Crippen LogP contribution in [0.5, 0.6) is 0 Å². The Hall–Kier alpha value is -2.67. The lowest BCUT2D eigenvalue weighted by molar-refractivity contribution is -0.122. The van der Waals surface area contributed by atoms with Gasteiger partial charge in [0.15, 0.2) is 0 Å². The normalized spacial score (nSPS) is 15.2. The summed E-state index contributed by atoms with van der Waals surface area (Å²) in [5.74, 6) is 0.0705. The lowest BCUT2D eigenvalue weighted by atomic mass is 10.1. The predicted molar refractivity (Wildman–Crippen MR) is 94.6 cm³/mol. The average molecular weight is 341 g/mol. The van der Waals surface area contributed by atoms with Crippen LogP contribution in [-0.2, 0) is 4.79 Å². The minimum Gasteiger partial charge on any atom is -0.355 e. The third-order valence-electron chi connectivity index (χ3n) is 4.28. The van der Waals surface area contributed by atoms with Crippen LogP contribution in [0.1, 0.15) is 17.3 Å². The number of hydrogen-bond acceptors (Lipinski definition) is 4. The summed E-state index contributed by atoms with van der Waals surface area (Å²) in [6, 6.07) is 9.32. The van der Waals surface area contributed by atoms with Crippen LogP contribution in [0, 0.1) is 0 Å². The molecule has 1 aromatic heterocycles. The van der Waals surface area contributed by atoms with E-state index in [2.05, 4.69) is 15.3 Å². The van der Waals surface area contributed by atoms with Crippen molar-refractivity contribution in [1.29, 1.82) is 0 Å². The molecule has 7 nitrogen and oxygen atoms in total. The Bertz CT molecular complexity index is 704. The van der Waals surface area contributed by atoms with Gasteiger partial charge in [0.1, 0.15) is 0 Å². The highest BCUT2D eigenvalue weighted by Gasteiger charge is 2.23. The van der Waals surface area contributed by atoms with Crippen molar-refractivity contribution in [3.8, 4) is 5.69 Å². The minimum absolute atomic E-state index is 0.0321. The van der Waals surface area contributed by atoms with E-state index >= 15 is 0 Å². The SMILES string of the molecule is CCNC(=O)CN1CCN(C(=O)c2ccc(-n3cccn3)cc2)CC1. The van der Waals surface area contributed by atoms with Crippen LogP contribution in [0.25, 0.3) is 5.69 Å². The molecule has 0 unspecified atom stereocenters. The molecular formula is C18H23N5O2. The van der Waals surface area contributed by atoms with Crippen molar-refractivity contribution in [2.45, 2.75) is 6.92 Å². The monoisotopic (exact) mass is 341 g/mol. The highest BCUT2D eigenvalue weighted by molar-refractivity contribution is 5.94. The molecular weight excluding hydrogens is 318 g/mol. The Balaban J connectivity index is 1.55. The molecule has 132 valence electrons. The molecule has 1 aromatic carbocycles. The van der Waals surface area contributed by atoms with E-state index in [4.69, 9.17) is 0 Å². The number of piperazine rings is 1. The van der Waals surface area contributed by atoms with E-state index in [1.165, 1.54) is 0 Å². The van der Waals surface area contributed by atoms with Gasteiger partial charge in [-0.1, -0.05) is 0 Å². The average Bonchev–Trinajstić information content (AvgIpc) is 3.17. The number of hydrogen-bond donors (Lipinski definition) is 1. The first-order valence-corrected chi connectivity index (χ1v) is 8.56. The molecule has 1 N–H and O–H groups in total. The van der Waals surface area contributed by atoms with Crippen molar-refractivity contribution in [1.82, 2.24) is 24.9 Å². The third-order valence-corrected chi connectivity index (χ3v) is 4.28. The van der Waals surface area contributed by atoms with Crippen molar-refractivity contribution in [2.24, 2.45) is 0 Å². The zero-order valence-corrected chi connectivity index (χ0v) is 14.4. The van der Waals surface area contributed by atoms with E-state index in [9.17, 15) is 9.59 Å². The molecule has 2 amide bonds. The number of likely N-dealkylation sites (N-methyl/N-ethyl adjacent to an activating group) is 1. The van der Waals surface area contributed by atoms with E-state index in [0.29, 0.717) is 44.8 Å². The van der Waals surface area contributed by atoms with Gasteiger partial charge in [0.05, 0.1) is 12.2 Å². The highest BCUT2D eigenvalue weighted by Crippen LogP contribution is 2.12. The number of rotatable bonds is 5. The van der Waals surface area contributed by atoms with Crippen LogP contribution in [0.2, 0.25) is 0 Å². The Morgan fingerprint density at radius 1 is 1.12 bits per heavy atom. The summed E-state index contributed by atoms with van der Waals surface area (Å²) in [4.78, 5) is 28.2. The lowest BCUT2D eigenvalue weighted by Gasteiger charge is -2.34. The molecule has 7 heteroatoms. The van der Waals surface area contributed by atoms with Crippen molar-refractivity contribution < 1.29 is 9.59 Å². The quantitative estimate of drug-likeness (QED) is 0.872. The predicted octanol–water partition coefficient (Wildman–Crippen LogP) is 0.766. The number of nitrogens with zero attached hydrogens (tertiary/aromatic N) is 4. The summed E-state index contributed by atoms with van der Waals surface area (Å²) in [5.41, 5.74) is 1.60. The molecule has 0 bridgehead atoms. The number of aromatic nitrogens is 2. The zero-order valence-electron chi connectivity index (χ0n) is 14.4. The summed E-state index contributed by atoms with van der Waals surface area (Å²) in [7, 11) is 0. The van der Waals surface area contributed by atoms with Crippen molar-refractivity contribution in [3.63, 3.8) is 0 Å². The van der Waals surface area contributed by atoms with Gasteiger partial charge in [0.25, 0.3) is 5.91 Å². The van der Waals surface area contributed by atoms with Crippen molar-refractivity contribution >= 4 is 11.8 Å². The van der Waals surface area contributed by atoms with E-state index in [1.807, 2.05) is 48.4 Å². The molecule has 3 rings (SSSR count). The Morgan fingerprint density at radius 3 is 2.44 bits per heavy atom. The van der Waals surface area contributed by atoms with Crippen molar-refractivity contribution in [3.05, 3.63) is 48.3 Å². The number of carbonyl (C=O) groups is 2. The van der Waals surface area contributed by atoms with Crippen LogP contribution >= 0.6 is 0 Å². The fourth-order valence-electron chi connectivity index (χ4n) is 2.93. The molecule has 1 aliphatic heterocycles. The second kappa shape index (κ2) is 7.94. The molecule has 0 spiro atoms. The minimum atomic E-state index is 0.0321. The highest BCUT2D eigenvalue weighted by atomic mass is 16.2. The second-order valence-electron chi connectivity index (χ2n) is 6.02. The fourth-order valence-corrected chi connectivity index (χ4v) is 2.93. The van der Waals surface area contributed by atoms with Gasteiger partial charge in [-0.05, 0) is 37.3 Å². The molecule has 1 saturated heterocycles. The number of carbonyl (C=O) groups excluding carboxylic acids is 2. The first kappa shape index (κ1) is 17.2. The zero-order chi connectivity index (χ0) is 17.6. The summed E-state index contributed by atoms with van der Waals surface area (Å²) in [5, 5.41) is 6.98. The van der Waals surface area contributed by atoms with Crippen LogP contribution in [0.3, 0.4) is 0 Å². The Labute approximate surface area is 147 Å². The van der Waals surface area contributed by atoms with E-state index in [1.54, 1.807) is 10.9 Å². The number of amides is 2. The van der Waals surface area contributed by atoms with E-state index in [-0.39, 0.29) is 11.8 Å². The number of nitrogens with one attached hydrogen (secondary N) is 1. The van der Waals surface area contributed by atoms with Gasteiger partial charge in [-0.25, -0.2) is 4.68 Å². The number of benzene rings is 1. The third kappa shape index (κ3) is 4.24. The molecule has 0 saturated carbocycles. The summed E-state index contributed by atoms with van der Waals surface area (Å²) < 4.78 is 1.76. The summed E-state index contributed by atoms with van der Waals surface area (Å²) in [6.07, 6.45) is 3.59. The molecule has 25 heavy (non-hydrogen) atoms. The second-order valence-corrected chi connectivity index (χ2v) is 6.02. The van der Waals surface area contributed by atoms with Gasteiger partial charge in [-0.3, -0.25) is 14.5 Å². The maximum atomic E-state index is 12.6. The van der Waals surface area contributed by atoms with E-state index in [0.717, 1.165) is 5.69 Å². The first-order chi connectivity index (χ1) is 12.2. The molecule has 0 atom stereocenters. The van der Waals surface area contributed by atoms with Gasteiger partial charge >= 0.3 is 0 Å². The summed E-state index contributed by atoms with van der Waals surface area (Å²) in [6.45, 7) is 5.66.